The van der Waals surface area contributed by atoms with Gasteiger partial charge in [-0.3, -0.25) is 4.79 Å². The van der Waals surface area contributed by atoms with E-state index in [-0.39, 0.29) is 5.91 Å². The molecule has 0 spiro atoms. The Morgan fingerprint density at radius 2 is 2.12 bits per heavy atom. The number of hydrogen-bond donors (Lipinski definition) is 1. The molecule has 92 valence electrons. The van der Waals surface area contributed by atoms with Gasteiger partial charge >= 0.3 is 0 Å². The molecule has 1 aliphatic rings. The van der Waals surface area contributed by atoms with Crippen LogP contribution in [0.5, 0.6) is 0 Å². The Hall–Kier alpha value is -1.35. The minimum absolute atomic E-state index is 0.133. The topological polar surface area (TPSA) is 32.3 Å². The SMILES string of the molecule is CCCCN(C)C(=O)c1ccc2c(c1)CNC2. The van der Waals surface area contributed by atoms with Crippen LogP contribution >= 0.6 is 0 Å². The zero-order chi connectivity index (χ0) is 12.3. The minimum Gasteiger partial charge on any atom is -0.342 e. The summed E-state index contributed by atoms with van der Waals surface area (Å²) in [7, 11) is 1.88. The summed E-state index contributed by atoms with van der Waals surface area (Å²) in [4.78, 5) is 14.0. The van der Waals surface area contributed by atoms with Crippen molar-refractivity contribution in [2.45, 2.75) is 32.9 Å². The van der Waals surface area contributed by atoms with Crippen LogP contribution in [-0.2, 0) is 13.1 Å². The van der Waals surface area contributed by atoms with Gasteiger partial charge in [-0.2, -0.15) is 0 Å². The zero-order valence-corrected chi connectivity index (χ0v) is 10.6. The van der Waals surface area contributed by atoms with Gasteiger partial charge in [0.05, 0.1) is 0 Å². The molecule has 1 heterocycles. The lowest BCUT2D eigenvalue weighted by Crippen LogP contribution is -2.27. The van der Waals surface area contributed by atoms with Crippen molar-refractivity contribution < 1.29 is 4.79 Å². The fraction of sp³-hybridized carbons (Fsp3) is 0.500. The summed E-state index contributed by atoms with van der Waals surface area (Å²) in [6.45, 7) is 4.79. The van der Waals surface area contributed by atoms with Gasteiger partial charge in [0.1, 0.15) is 0 Å². The van der Waals surface area contributed by atoms with Gasteiger partial charge in [-0.15, -0.1) is 0 Å². The Morgan fingerprint density at radius 3 is 2.88 bits per heavy atom. The molecule has 1 aromatic carbocycles. The van der Waals surface area contributed by atoms with E-state index in [1.54, 1.807) is 0 Å². The molecule has 3 nitrogen and oxygen atoms in total. The highest BCUT2D eigenvalue weighted by atomic mass is 16.2. The van der Waals surface area contributed by atoms with E-state index in [4.69, 9.17) is 0 Å². The van der Waals surface area contributed by atoms with E-state index < -0.39 is 0 Å². The highest BCUT2D eigenvalue weighted by Gasteiger charge is 2.15. The maximum atomic E-state index is 12.2. The molecule has 0 saturated heterocycles. The number of rotatable bonds is 4. The van der Waals surface area contributed by atoms with Crippen LogP contribution in [0.3, 0.4) is 0 Å². The fourth-order valence-electron chi connectivity index (χ4n) is 2.15. The van der Waals surface area contributed by atoms with E-state index >= 15 is 0 Å². The Bertz CT molecular complexity index is 415. The Balaban J connectivity index is 2.09. The third kappa shape index (κ3) is 2.67. The lowest BCUT2D eigenvalue weighted by molar-refractivity contribution is 0.0793. The molecule has 1 aromatic rings. The van der Waals surface area contributed by atoms with Crippen LogP contribution in [-0.4, -0.2) is 24.4 Å². The molecular formula is C14H20N2O. The number of carbonyl (C=O) groups is 1. The van der Waals surface area contributed by atoms with Gasteiger partial charge < -0.3 is 10.2 Å². The van der Waals surface area contributed by atoms with Crippen LogP contribution in [0.4, 0.5) is 0 Å². The number of carbonyl (C=O) groups excluding carboxylic acids is 1. The van der Waals surface area contributed by atoms with Gasteiger partial charge in [-0.05, 0) is 29.7 Å². The highest BCUT2D eigenvalue weighted by Crippen LogP contribution is 2.18. The van der Waals surface area contributed by atoms with Gasteiger partial charge in [-0.25, -0.2) is 0 Å². The number of amides is 1. The first-order valence-corrected chi connectivity index (χ1v) is 6.30. The number of nitrogens with zero attached hydrogens (tertiary/aromatic N) is 1. The zero-order valence-electron chi connectivity index (χ0n) is 10.6. The fourth-order valence-corrected chi connectivity index (χ4v) is 2.15. The summed E-state index contributed by atoms with van der Waals surface area (Å²) < 4.78 is 0. The normalized spacial score (nSPS) is 13.5. The van der Waals surface area contributed by atoms with Crippen molar-refractivity contribution in [1.29, 1.82) is 0 Å². The molecule has 0 aromatic heterocycles. The van der Waals surface area contributed by atoms with Crippen LogP contribution in [0.1, 0.15) is 41.3 Å². The molecule has 0 bridgehead atoms. The molecular weight excluding hydrogens is 212 g/mol. The third-order valence-corrected chi connectivity index (χ3v) is 3.28. The third-order valence-electron chi connectivity index (χ3n) is 3.28. The summed E-state index contributed by atoms with van der Waals surface area (Å²) in [5.41, 5.74) is 3.39. The lowest BCUT2D eigenvalue weighted by Gasteiger charge is -2.17. The predicted molar refractivity (Wildman–Crippen MR) is 68.9 cm³/mol. The molecule has 0 fully saturated rings. The first-order chi connectivity index (χ1) is 8.22. The van der Waals surface area contributed by atoms with Crippen LogP contribution < -0.4 is 5.32 Å². The summed E-state index contributed by atoms with van der Waals surface area (Å²) in [5.74, 6) is 0.133. The van der Waals surface area contributed by atoms with Crippen LogP contribution in [0.2, 0.25) is 0 Å². The van der Waals surface area contributed by atoms with E-state index in [1.165, 1.54) is 11.1 Å². The molecule has 0 saturated carbocycles. The Morgan fingerprint density at radius 1 is 1.35 bits per heavy atom. The van der Waals surface area contributed by atoms with Gasteiger partial charge in [-0.1, -0.05) is 19.4 Å². The van der Waals surface area contributed by atoms with Crippen LogP contribution in [0, 0.1) is 0 Å². The second-order valence-corrected chi connectivity index (χ2v) is 4.67. The standard InChI is InChI=1S/C14H20N2O/c1-3-4-7-16(2)14(17)11-5-6-12-9-15-10-13(12)8-11/h5-6,8,15H,3-4,7,9-10H2,1-2H3. The maximum Gasteiger partial charge on any atom is 0.253 e. The summed E-state index contributed by atoms with van der Waals surface area (Å²) in [5, 5.41) is 3.29. The van der Waals surface area contributed by atoms with Gasteiger partial charge in [0, 0.05) is 32.2 Å². The van der Waals surface area contributed by atoms with E-state index in [0.29, 0.717) is 0 Å². The van der Waals surface area contributed by atoms with E-state index in [0.717, 1.165) is 38.0 Å². The smallest absolute Gasteiger partial charge is 0.253 e. The molecule has 3 heteroatoms. The lowest BCUT2D eigenvalue weighted by atomic mass is 10.1. The largest absolute Gasteiger partial charge is 0.342 e. The quantitative estimate of drug-likeness (QED) is 0.862. The molecule has 0 atom stereocenters. The molecule has 0 aliphatic carbocycles. The molecule has 17 heavy (non-hydrogen) atoms. The molecule has 1 amide bonds. The van der Waals surface area contributed by atoms with Gasteiger partial charge in [0.2, 0.25) is 0 Å². The highest BCUT2D eigenvalue weighted by molar-refractivity contribution is 5.94. The monoisotopic (exact) mass is 232 g/mol. The average molecular weight is 232 g/mol. The second-order valence-electron chi connectivity index (χ2n) is 4.67. The van der Waals surface area contributed by atoms with Gasteiger partial charge in [0.15, 0.2) is 0 Å². The minimum atomic E-state index is 0.133. The molecule has 1 aliphatic heterocycles. The van der Waals surface area contributed by atoms with E-state index in [1.807, 2.05) is 24.1 Å². The van der Waals surface area contributed by atoms with Crippen LogP contribution in [0.25, 0.3) is 0 Å². The summed E-state index contributed by atoms with van der Waals surface area (Å²) in [6, 6.07) is 6.03. The summed E-state index contributed by atoms with van der Waals surface area (Å²) in [6.07, 6.45) is 2.18. The Labute approximate surface area is 103 Å². The Kier molecular flexibility index (Phi) is 3.79. The van der Waals surface area contributed by atoms with E-state index in [2.05, 4.69) is 18.3 Å². The first kappa shape index (κ1) is 12.1. The number of nitrogens with one attached hydrogen (secondary N) is 1. The van der Waals surface area contributed by atoms with Crippen molar-refractivity contribution in [2.75, 3.05) is 13.6 Å². The van der Waals surface area contributed by atoms with Gasteiger partial charge in [0.25, 0.3) is 5.91 Å². The molecule has 2 rings (SSSR count). The first-order valence-electron chi connectivity index (χ1n) is 6.30. The van der Waals surface area contributed by atoms with Crippen molar-refractivity contribution in [3.8, 4) is 0 Å². The van der Waals surface area contributed by atoms with Crippen LogP contribution in [0.15, 0.2) is 18.2 Å². The average Bonchev–Trinajstić information content (AvgIpc) is 2.81. The maximum absolute atomic E-state index is 12.2. The van der Waals surface area contributed by atoms with Crippen molar-refractivity contribution >= 4 is 5.91 Å². The van der Waals surface area contributed by atoms with Crippen molar-refractivity contribution in [3.63, 3.8) is 0 Å². The molecule has 0 radical (unpaired) electrons. The number of benzene rings is 1. The number of fused-ring (bicyclic) bond motifs is 1. The molecule has 0 unspecified atom stereocenters. The van der Waals surface area contributed by atoms with Crippen molar-refractivity contribution in [1.82, 2.24) is 10.2 Å². The second kappa shape index (κ2) is 5.32. The predicted octanol–water partition coefficient (Wildman–Crippen LogP) is 2.16. The molecule has 1 N–H and O–H groups in total. The van der Waals surface area contributed by atoms with Crippen molar-refractivity contribution in [3.05, 3.63) is 34.9 Å². The van der Waals surface area contributed by atoms with E-state index in [9.17, 15) is 4.79 Å². The van der Waals surface area contributed by atoms with Crippen molar-refractivity contribution in [2.24, 2.45) is 0 Å². The number of unbranched alkanes of at least 4 members (excludes halogenated alkanes) is 1. The number of hydrogen-bond acceptors (Lipinski definition) is 2. The summed E-state index contributed by atoms with van der Waals surface area (Å²) >= 11 is 0.